The van der Waals surface area contributed by atoms with Crippen molar-refractivity contribution in [2.75, 3.05) is 0 Å². The van der Waals surface area contributed by atoms with Gasteiger partial charge >= 0.3 is 18.0 Å². The second-order valence-corrected chi connectivity index (χ2v) is 5.05. The fourth-order valence-electron chi connectivity index (χ4n) is 1.89. The van der Waals surface area contributed by atoms with Gasteiger partial charge in [-0.2, -0.15) is 0 Å². The first-order valence-corrected chi connectivity index (χ1v) is 7.32. The molecule has 0 fully saturated rings. The lowest BCUT2D eigenvalue weighted by atomic mass is 10.0. The number of ether oxygens (including phenoxy) is 1. The summed E-state index contributed by atoms with van der Waals surface area (Å²) in [5.41, 5.74) is 0.756. The van der Waals surface area contributed by atoms with Crippen molar-refractivity contribution in [1.29, 1.82) is 0 Å². The molecule has 8 nitrogen and oxygen atoms in total. The molecule has 1 amide bonds. The predicted molar refractivity (Wildman–Crippen MR) is 82.3 cm³/mol. The zero-order valence-electron chi connectivity index (χ0n) is 12.9. The Labute approximate surface area is 138 Å². The second kappa shape index (κ2) is 9.98. The molecule has 0 saturated carbocycles. The van der Waals surface area contributed by atoms with Crippen LogP contribution < -0.4 is 5.32 Å². The largest absolute Gasteiger partial charge is 0.481 e. The van der Waals surface area contributed by atoms with Gasteiger partial charge < -0.3 is 20.3 Å². The van der Waals surface area contributed by atoms with Gasteiger partial charge in [0, 0.05) is 12.8 Å². The molecule has 1 atom stereocenters. The van der Waals surface area contributed by atoms with Crippen molar-refractivity contribution in [2.24, 2.45) is 0 Å². The lowest BCUT2D eigenvalue weighted by Gasteiger charge is -2.16. The van der Waals surface area contributed by atoms with Crippen molar-refractivity contribution >= 4 is 23.8 Å². The molecule has 24 heavy (non-hydrogen) atoms. The van der Waals surface area contributed by atoms with E-state index < -0.39 is 29.9 Å². The maximum absolute atomic E-state index is 11.9. The highest BCUT2D eigenvalue weighted by atomic mass is 16.5. The molecule has 0 bridgehead atoms. The van der Waals surface area contributed by atoms with E-state index in [-0.39, 0.29) is 32.3 Å². The molecular weight excluding hydrogens is 318 g/mol. The van der Waals surface area contributed by atoms with Gasteiger partial charge in [-0.25, -0.2) is 4.79 Å². The molecule has 0 heterocycles. The Morgan fingerprint density at radius 3 is 2.17 bits per heavy atom. The zero-order valence-corrected chi connectivity index (χ0v) is 12.9. The van der Waals surface area contributed by atoms with E-state index >= 15 is 0 Å². The number of hydrogen-bond acceptors (Lipinski definition) is 5. The van der Waals surface area contributed by atoms with Crippen LogP contribution in [0.2, 0.25) is 0 Å². The first-order chi connectivity index (χ1) is 11.4. The van der Waals surface area contributed by atoms with Gasteiger partial charge in [-0.3, -0.25) is 14.4 Å². The monoisotopic (exact) mass is 337 g/mol. The summed E-state index contributed by atoms with van der Waals surface area (Å²) in [4.78, 5) is 44.9. The van der Waals surface area contributed by atoms with Crippen LogP contribution in [0.15, 0.2) is 30.3 Å². The summed E-state index contributed by atoms with van der Waals surface area (Å²) in [7, 11) is 0. The van der Waals surface area contributed by atoms with Crippen LogP contribution in [0.25, 0.3) is 0 Å². The number of carboxylic acid groups (broad SMARTS) is 2. The van der Waals surface area contributed by atoms with E-state index in [0.717, 1.165) is 5.56 Å². The summed E-state index contributed by atoms with van der Waals surface area (Å²) in [6, 6.07) is 7.79. The number of Topliss-reactive ketones (excluding diaryl/α,β-unsaturated/α-hetero) is 1. The molecule has 3 N–H and O–H groups in total. The molecule has 0 spiro atoms. The molecule has 1 aromatic rings. The van der Waals surface area contributed by atoms with E-state index in [4.69, 9.17) is 14.9 Å². The number of rotatable bonds is 10. The fourth-order valence-corrected chi connectivity index (χ4v) is 1.89. The van der Waals surface area contributed by atoms with Gasteiger partial charge in [0.25, 0.3) is 0 Å². The highest BCUT2D eigenvalue weighted by Crippen LogP contribution is 2.06. The molecule has 0 aromatic heterocycles. The molecule has 130 valence electrons. The van der Waals surface area contributed by atoms with Crippen LogP contribution in [0.1, 0.15) is 31.2 Å². The summed E-state index contributed by atoms with van der Waals surface area (Å²) in [6.45, 7) is 0.00163. The van der Waals surface area contributed by atoms with Crippen LogP contribution in [0.5, 0.6) is 0 Å². The van der Waals surface area contributed by atoms with Gasteiger partial charge in [0.05, 0.1) is 12.5 Å². The second-order valence-electron chi connectivity index (χ2n) is 5.05. The maximum atomic E-state index is 11.9. The molecule has 8 heteroatoms. The SMILES string of the molecule is O=C(O)CCC(=O)[C@@H](CCC(=O)O)NC(=O)OCc1ccccc1. The van der Waals surface area contributed by atoms with Crippen molar-refractivity contribution in [3.63, 3.8) is 0 Å². The summed E-state index contributed by atoms with van der Waals surface area (Å²) < 4.78 is 4.98. The average molecular weight is 337 g/mol. The van der Waals surface area contributed by atoms with Crippen LogP contribution in [-0.2, 0) is 25.7 Å². The van der Waals surface area contributed by atoms with E-state index in [1.807, 2.05) is 6.07 Å². The maximum Gasteiger partial charge on any atom is 0.408 e. The van der Waals surface area contributed by atoms with E-state index in [0.29, 0.717) is 0 Å². The Morgan fingerprint density at radius 1 is 0.958 bits per heavy atom. The number of hydrogen-bond donors (Lipinski definition) is 3. The standard InChI is InChI=1S/C16H19NO7/c18-13(7-9-15(21)22)12(6-8-14(19)20)17-16(23)24-10-11-4-2-1-3-5-11/h1-5,12H,6-10H2,(H,17,23)(H,19,20)(H,21,22)/t12-/m1/s1. The normalized spacial score (nSPS) is 11.3. The number of carboxylic acids is 2. The summed E-state index contributed by atoms with van der Waals surface area (Å²) >= 11 is 0. The average Bonchev–Trinajstić information content (AvgIpc) is 2.55. The minimum absolute atomic E-state index is 0.00163. The number of ketones is 1. The van der Waals surface area contributed by atoms with Gasteiger partial charge in [0.1, 0.15) is 6.61 Å². The van der Waals surface area contributed by atoms with E-state index in [9.17, 15) is 19.2 Å². The number of nitrogens with one attached hydrogen (secondary N) is 1. The van der Waals surface area contributed by atoms with Crippen molar-refractivity contribution in [3.8, 4) is 0 Å². The number of benzene rings is 1. The molecule has 0 aliphatic rings. The first kappa shape index (κ1) is 19.1. The Bertz CT molecular complexity index is 585. The Kier molecular flexibility index (Phi) is 7.97. The molecule has 0 unspecified atom stereocenters. The highest BCUT2D eigenvalue weighted by molar-refractivity contribution is 5.89. The smallest absolute Gasteiger partial charge is 0.408 e. The summed E-state index contributed by atoms with van der Waals surface area (Å²) in [6.07, 6.45) is -2.00. The molecule has 0 radical (unpaired) electrons. The molecule has 1 aromatic carbocycles. The quantitative estimate of drug-likeness (QED) is 0.591. The van der Waals surface area contributed by atoms with Crippen molar-refractivity contribution < 1.29 is 34.1 Å². The third-order valence-corrected chi connectivity index (χ3v) is 3.13. The van der Waals surface area contributed by atoms with E-state index in [1.54, 1.807) is 24.3 Å². The Morgan fingerprint density at radius 2 is 1.58 bits per heavy atom. The first-order valence-electron chi connectivity index (χ1n) is 7.32. The van der Waals surface area contributed by atoms with Crippen LogP contribution in [0.3, 0.4) is 0 Å². The van der Waals surface area contributed by atoms with Crippen LogP contribution in [-0.4, -0.2) is 40.1 Å². The van der Waals surface area contributed by atoms with Crippen LogP contribution in [0.4, 0.5) is 4.79 Å². The fraction of sp³-hybridized carbons (Fsp3) is 0.375. The van der Waals surface area contributed by atoms with Gasteiger partial charge in [0.2, 0.25) is 0 Å². The van der Waals surface area contributed by atoms with Gasteiger partial charge in [0.15, 0.2) is 5.78 Å². The summed E-state index contributed by atoms with van der Waals surface area (Å²) in [5.74, 6) is -2.81. The number of alkyl carbamates (subject to hydrolysis) is 1. The molecular formula is C16H19NO7. The van der Waals surface area contributed by atoms with Crippen LogP contribution >= 0.6 is 0 Å². The third kappa shape index (κ3) is 7.92. The topological polar surface area (TPSA) is 130 Å². The lowest BCUT2D eigenvalue weighted by Crippen LogP contribution is -2.41. The minimum atomic E-state index is -1.15. The van der Waals surface area contributed by atoms with Gasteiger partial charge in [-0.1, -0.05) is 30.3 Å². The Balaban J connectivity index is 2.55. The number of amides is 1. The third-order valence-electron chi connectivity index (χ3n) is 3.13. The highest BCUT2D eigenvalue weighted by Gasteiger charge is 2.22. The van der Waals surface area contributed by atoms with Crippen molar-refractivity contribution in [3.05, 3.63) is 35.9 Å². The van der Waals surface area contributed by atoms with Crippen molar-refractivity contribution in [2.45, 2.75) is 38.3 Å². The van der Waals surface area contributed by atoms with Gasteiger partial charge in [-0.15, -0.1) is 0 Å². The zero-order chi connectivity index (χ0) is 17.9. The number of aliphatic carboxylic acids is 2. The molecule has 0 aliphatic carbocycles. The molecule has 0 aliphatic heterocycles. The molecule has 0 saturated heterocycles. The predicted octanol–water partition coefficient (Wildman–Crippen LogP) is 1.58. The molecule has 1 rings (SSSR count). The van der Waals surface area contributed by atoms with Gasteiger partial charge in [-0.05, 0) is 12.0 Å². The lowest BCUT2D eigenvalue weighted by molar-refractivity contribution is -0.139. The minimum Gasteiger partial charge on any atom is -0.481 e. The van der Waals surface area contributed by atoms with Crippen molar-refractivity contribution in [1.82, 2.24) is 5.32 Å². The van der Waals surface area contributed by atoms with E-state index in [2.05, 4.69) is 5.32 Å². The number of carbonyl (C=O) groups is 4. The number of carbonyl (C=O) groups excluding carboxylic acids is 2. The van der Waals surface area contributed by atoms with Crippen LogP contribution in [0, 0.1) is 0 Å². The van der Waals surface area contributed by atoms with E-state index in [1.165, 1.54) is 0 Å². The summed E-state index contributed by atoms with van der Waals surface area (Å²) in [5, 5.41) is 19.6. The Hall–Kier alpha value is -2.90.